The van der Waals surface area contributed by atoms with Crippen LogP contribution in [0.15, 0.2) is 102 Å². The number of carbonyl (C=O) groups excluding carboxylic acids is 1. The molecule has 8 heteroatoms. The molecule has 0 saturated carbocycles. The molecular formula is C30H22N4O4. The highest BCUT2D eigenvalue weighted by Crippen LogP contribution is 2.28. The van der Waals surface area contributed by atoms with Crippen LogP contribution in [-0.2, 0) is 13.1 Å². The van der Waals surface area contributed by atoms with Gasteiger partial charge in [-0.3, -0.25) is 9.48 Å². The monoisotopic (exact) mass is 502 g/mol. The van der Waals surface area contributed by atoms with Crippen LogP contribution in [0.5, 0.6) is 0 Å². The summed E-state index contributed by atoms with van der Waals surface area (Å²) in [6.45, 7) is 0.738. The lowest BCUT2D eigenvalue weighted by atomic mass is 10.0. The number of benzene rings is 4. The Balaban J connectivity index is 1.35. The normalized spacial score (nSPS) is 11.2. The molecule has 0 bridgehead atoms. The minimum atomic E-state index is -0.993. The predicted octanol–water partition coefficient (Wildman–Crippen LogP) is 5.52. The van der Waals surface area contributed by atoms with Crippen molar-refractivity contribution in [3.8, 4) is 11.3 Å². The third-order valence-electron chi connectivity index (χ3n) is 6.51. The van der Waals surface area contributed by atoms with Crippen molar-refractivity contribution in [3.63, 3.8) is 0 Å². The standard InChI is InChI=1S/C30H22N4O4/c35-29(31-16-19-5-9-22(10-6-19)30(36)37)26-15-24(27-11-12-38-33-27)14-25-17-32-34(28(25)26)18-20-7-8-21-3-1-2-4-23(21)13-20/h1-15,17H,16,18H2,(H,31,35)(H,36,37). The van der Waals surface area contributed by atoms with Gasteiger partial charge in [-0.25, -0.2) is 4.79 Å². The molecule has 38 heavy (non-hydrogen) atoms. The van der Waals surface area contributed by atoms with Gasteiger partial charge in [0.1, 0.15) is 12.0 Å². The van der Waals surface area contributed by atoms with E-state index in [4.69, 9.17) is 9.63 Å². The second kappa shape index (κ2) is 9.67. The van der Waals surface area contributed by atoms with E-state index in [0.29, 0.717) is 23.3 Å². The van der Waals surface area contributed by atoms with Crippen LogP contribution in [0.25, 0.3) is 32.9 Å². The summed E-state index contributed by atoms with van der Waals surface area (Å²) in [5, 5.41) is 23.8. The first-order valence-electron chi connectivity index (χ1n) is 12.0. The van der Waals surface area contributed by atoms with Crippen LogP contribution < -0.4 is 5.32 Å². The lowest BCUT2D eigenvalue weighted by molar-refractivity contribution is 0.0696. The van der Waals surface area contributed by atoms with Crippen molar-refractivity contribution in [1.82, 2.24) is 20.3 Å². The third-order valence-corrected chi connectivity index (χ3v) is 6.51. The second-order valence-corrected chi connectivity index (χ2v) is 9.01. The number of aromatic nitrogens is 3. The Kier molecular flexibility index (Phi) is 5.89. The van der Waals surface area contributed by atoms with Crippen molar-refractivity contribution in [3.05, 3.63) is 120 Å². The van der Waals surface area contributed by atoms with Gasteiger partial charge in [0, 0.05) is 23.6 Å². The number of nitrogens with zero attached hydrogens (tertiary/aromatic N) is 3. The lowest BCUT2D eigenvalue weighted by Crippen LogP contribution is -2.24. The summed E-state index contributed by atoms with van der Waals surface area (Å²) in [6, 6.07) is 26.4. The molecule has 2 N–H and O–H groups in total. The van der Waals surface area contributed by atoms with Crippen LogP contribution in [0, 0.1) is 0 Å². The number of carboxylic acids is 1. The molecule has 0 saturated heterocycles. The molecule has 2 heterocycles. The van der Waals surface area contributed by atoms with Crippen LogP contribution in [0.4, 0.5) is 0 Å². The number of hydrogen-bond donors (Lipinski definition) is 2. The van der Waals surface area contributed by atoms with Gasteiger partial charge in [0.2, 0.25) is 0 Å². The Hall–Kier alpha value is -5.24. The Bertz CT molecular complexity index is 1790. The van der Waals surface area contributed by atoms with E-state index in [-0.39, 0.29) is 18.0 Å². The number of amides is 1. The summed E-state index contributed by atoms with van der Waals surface area (Å²) in [7, 11) is 0. The van der Waals surface area contributed by atoms with E-state index >= 15 is 0 Å². The zero-order valence-corrected chi connectivity index (χ0v) is 20.2. The van der Waals surface area contributed by atoms with Gasteiger partial charge in [-0.2, -0.15) is 5.10 Å². The summed E-state index contributed by atoms with van der Waals surface area (Å²) in [4.78, 5) is 24.6. The second-order valence-electron chi connectivity index (χ2n) is 9.01. The van der Waals surface area contributed by atoms with Gasteiger partial charge in [0.25, 0.3) is 5.91 Å². The molecular weight excluding hydrogens is 480 g/mol. The first-order valence-corrected chi connectivity index (χ1v) is 12.0. The zero-order valence-electron chi connectivity index (χ0n) is 20.2. The number of rotatable bonds is 7. The summed E-state index contributed by atoms with van der Waals surface area (Å²) >= 11 is 0. The number of fused-ring (bicyclic) bond motifs is 2. The van der Waals surface area contributed by atoms with E-state index in [2.05, 4.69) is 45.9 Å². The summed E-state index contributed by atoms with van der Waals surface area (Å²) in [5.41, 5.74) is 4.58. The smallest absolute Gasteiger partial charge is 0.335 e. The van der Waals surface area contributed by atoms with Gasteiger partial charge in [-0.05, 0) is 52.2 Å². The fraction of sp³-hybridized carbons (Fsp3) is 0.0667. The maximum atomic E-state index is 13.5. The van der Waals surface area contributed by atoms with Gasteiger partial charge >= 0.3 is 5.97 Å². The number of carboxylic acid groups (broad SMARTS) is 1. The summed E-state index contributed by atoms with van der Waals surface area (Å²) < 4.78 is 6.86. The molecule has 0 fully saturated rings. The molecule has 2 aromatic heterocycles. The molecule has 0 atom stereocenters. The maximum absolute atomic E-state index is 13.5. The van der Waals surface area contributed by atoms with Crippen molar-refractivity contribution in [2.75, 3.05) is 0 Å². The number of aromatic carboxylic acids is 1. The van der Waals surface area contributed by atoms with Crippen molar-refractivity contribution < 1.29 is 19.2 Å². The van der Waals surface area contributed by atoms with Crippen LogP contribution in [0.1, 0.15) is 31.8 Å². The largest absolute Gasteiger partial charge is 0.478 e. The van der Waals surface area contributed by atoms with E-state index < -0.39 is 5.97 Å². The third kappa shape index (κ3) is 4.51. The SMILES string of the molecule is O=C(O)c1ccc(CNC(=O)c2cc(-c3ccon3)cc3cnn(Cc4ccc5ccccc5c4)c23)cc1. The first kappa shape index (κ1) is 23.2. The Morgan fingerprint density at radius 1 is 0.868 bits per heavy atom. The van der Waals surface area contributed by atoms with E-state index in [1.54, 1.807) is 30.5 Å². The van der Waals surface area contributed by atoms with E-state index in [0.717, 1.165) is 32.8 Å². The molecule has 0 spiro atoms. The topological polar surface area (TPSA) is 110 Å². The molecule has 6 rings (SSSR count). The quantitative estimate of drug-likeness (QED) is 0.297. The molecule has 0 radical (unpaired) electrons. The van der Waals surface area contributed by atoms with Crippen LogP contribution >= 0.6 is 0 Å². The molecule has 8 nitrogen and oxygen atoms in total. The molecule has 0 unspecified atom stereocenters. The van der Waals surface area contributed by atoms with Gasteiger partial charge in [-0.1, -0.05) is 53.7 Å². The number of carbonyl (C=O) groups is 2. The summed E-state index contributed by atoms with van der Waals surface area (Å²) in [5.74, 6) is -1.27. The molecule has 6 aromatic rings. The van der Waals surface area contributed by atoms with Crippen molar-refractivity contribution >= 4 is 33.6 Å². The highest BCUT2D eigenvalue weighted by Gasteiger charge is 2.18. The van der Waals surface area contributed by atoms with Gasteiger partial charge < -0.3 is 14.9 Å². The minimum Gasteiger partial charge on any atom is -0.478 e. The van der Waals surface area contributed by atoms with Crippen molar-refractivity contribution in [2.24, 2.45) is 0 Å². The van der Waals surface area contributed by atoms with Crippen molar-refractivity contribution in [2.45, 2.75) is 13.1 Å². The Labute approximate surface area is 217 Å². The van der Waals surface area contributed by atoms with E-state index in [1.165, 1.54) is 18.4 Å². The van der Waals surface area contributed by atoms with Crippen molar-refractivity contribution in [1.29, 1.82) is 0 Å². The van der Waals surface area contributed by atoms with E-state index in [9.17, 15) is 9.59 Å². The molecule has 0 aliphatic carbocycles. The molecule has 4 aromatic carbocycles. The number of hydrogen-bond acceptors (Lipinski definition) is 5. The zero-order chi connectivity index (χ0) is 26.1. The Morgan fingerprint density at radius 3 is 2.42 bits per heavy atom. The molecule has 186 valence electrons. The molecule has 0 aliphatic heterocycles. The maximum Gasteiger partial charge on any atom is 0.335 e. The molecule has 1 amide bonds. The summed E-state index contributed by atoms with van der Waals surface area (Å²) in [6.07, 6.45) is 3.24. The fourth-order valence-corrected chi connectivity index (χ4v) is 4.59. The lowest BCUT2D eigenvalue weighted by Gasteiger charge is -2.12. The minimum absolute atomic E-state index is 0.194. The van der Waals surface area contributed by atoms with Gasteiger partial charge in [-0.15, -0.1) is 0 Å². The van der Waals surface area contributed by atoms with Crippen LogP contribution in [0.3, 0.4) is 0 Å². The number of nitrogens with one attached hydrogen (secondary N) is 1. The van der Waals surface area contributed by atoms with E-state index in [1.807, 2.05) is 22.9 Å². The first-order chi connectivity index (χ1) is 18.5. The van der Waals surface area contributed by atoms with Crippen LogP contribution in [0.2, 0.25) is 0 Å². The fourth-order valence-electron chi connectivity index (χ4n) is 4.59. The highest BCUT2D eigenvalue weighted by molar-refractivity contribution is 6.07. The van der Waals surface area contributed by atoms with Crippen LogP contribution in [-0.4, -0.2) is 31.9 Å². The average molecular weight is 503 g/mol. The van der Waals surface area contributed by atoms with Gasteiger partial charge in [0.15, 0.2) is 0 Å². The predicted molar refractivity (Wildman–Crippen MR) is 143 cm³/mol. The highest BCUT2D eigenvalue weighted by atomic mass is 16.5. The Morgan fingerprint density at radius 2 is 1.66 bits per heavy atom. The average Bonchev–Trinajstić information content (AvgIpc) is 3.62. The van der Waals surface area contributed by atoms with Gasteiger partial charge in [0.05, 0.1) is 29.4 Å². The molecule has 0 aliphatic rings.